The average molecular weight is 180 g/mol. The monoisotopic (exact) mass is 180 g/mol. The van der Waals surface area contributed by atoms with E-state index in [1.807, 2.05) is 4.90 Å². The van der Waals surface area contributed by atoms with Gasteiger partial charge in [-0.05, 0) is 25.4 Å². The molecule has 0 bridgehead atoms. The van der Waals surface area contributed by atoms with Crippen LogP contribution in [0.15, 0.2) is 12.2 Å². The molecule has 0 aromatic heterocycles. The van der Waals surface area contributed by atoms with Gasteiger partial charge in [-0.1, -0.05) is 12.2 Å². The van der Waals surface area contributed by atoms with Crippen LogP contribution in [0.2, 0.25) is 0 Å². The van der Waals surface area contributed by atoms with E-state index in [1.54, 1.807) is 0 Å². The molecule has 0 spiro atoms. The van der Waals surface area contributed by atoms with Gasteiger partial charge in [0.05, 0.1) is 0 Å². The molecule has 1 amide bonds. The molecule has 0 radical (unpaired) electrons. The predicted molar refractivity (Wildman–Crippen MR) is 51.3 cm³/mol. The smallest absolute Gasteiger partial charge is 0.223 e. The third-order valence-electron chi connectivity index (χ3n) is 2.74. The number of nitrogens with zero attached hydrogens (tertiary/aromatic N) is 1. The van der Waals surface area contributed by atoms with Gasteiger partial charge < -0.3 is 10.2 Å². The number of carbonyl (C=O) groups excluding carboxylic acids is 1. The van der Waals surface area contributed by atoms with E-state index in [-0.39, 0.29) is 0 Å². The van der Waals surface area contributed by atoms with E-state index in [4.69, 9.17) is 0 Å². The van der Waals surface area contributed by atoms with Gasteiger partial charge in [0.25, 0.3) is 0 Å². The van der Waals surface area contributed by atoms with E-state index in [2.05, 4.69) is 17.5 Å². The second kappa shape index (κ2) is 3.92. The van der Waals surface area contributed by atoms with E-state index >= 15 is 0 Å². The van der Waals surface area contributed by atoms with Gasteiger partial charge >= 0.3 is 0 Å². The van der Waals surface area contributed by atoms with Gasteiger partial charge in [0, 0.05) is 19.5 Å². The van der Waals surface area contributed by atoms with Crippen LogP contribution in [0.1, 0.15) is 12.8 Å². The zero-order valence-corrected chi connectivity index (χ0v) is 7.83. The van der Waals surface area contributed by atoms with E-state index in [1.165, 1.54) is 0 Å². The van der Waals surface area contributed by atoms with Crippen LogP contribution in [0.4, 0.5) is 0 Å². The molecule has 1 fully saturated rings. The van der Waals surface area contributed by atoms with Crippen molar-refractivity contribution in [2.45, 2.75) is 12.8 Å². The fourth-order valence-corrected chi connectivity index (χ4v) is 1.74. The normalized spacial score (nSPS) is 22.9. The van der Waals surface area contributed by atoms with Gasteiger partial charge in [-0.25, -0.2) is 0 Å². The third kappa shape index (κ3) is 2.10. The topological polar surface area (TPSA) is 32.3 Å². The minimum atomic E-state index is 0.329. The summed E-state index contributed by atoms with van der Waals surface area (Å²) in [6, 6.07) is 0. The van der Waals surface area contributed by atoms with Crippen molar-refractivity contribution in [1.82, 2.24) is 10.2 Å². The second-order valence-corrected chi connectivity index (χ2v) is 3.83. The summed E-state index contributed by atoms with van der Waals surface area (Å²) in [6.45, 7) is 3.78. The Morgan fingerprint density at radius 2 is 2.31 bits per heavy atom. The molecular weight excluding hydrogens is 164 g/mol. The first-order chi connectivity index (χ1) is 6.36. The van der Waals surface area contributed by atoms with E-state index in [0.29, 0.717) is 11.8 Å². The number of carbonyl (C=O) groups is 1. The lowest BCUT2D eigenvalue weighted by molar-refractivity contribution is -0.132. The Hall–Kier alpha value is -0.830. The highest BCUT2D eigenvalue weighted by Crippen LogP contribution is 2.12. The molecule has 1 N–H and O–H groups in total. The van der Waals surface area contributed by atoms with Crippen LogP contribution in [-0.4, -0.2) is 37.0 Å². The maximum atomic E-state index is 11.7. The lowest BCUT2D eigenvalue weighted by Crippen LogP contribution is -2.45. The Labute approximate surface area is 78.8 Å². The summed E-state index contributed by atoms with van der Waals surface area (Å²) >= 11 is 0. The fraction of sp³-hybridized carbons (Fsp3) is 0.700. The van der Waals surface area contributed by atoms with Gasteiger partial charge in [-0.2, -0.15) is 0 Å². The second-order valence-electron chi connectivity index (χ2n) is 3.83. The number of hydrogen-bond donors (Lipinski definition) is 1. The molecule has 13 heavy (non-hydrogen) atoms. The van der Waals surface area contributed by atoms with Crippen LogP contribution in [-0.2, 0) is 4.79 Å². The molecule has 0 unspecified atom stereocenters. The predicted octanol–water partition coefficient (Wildman–Crippen LogP) is 0.384. The van der Waals surface area contributed by atoms with Crippen molar-refractivity contribution in [3.05, 3.63) is 12.2 Å². The summed E-state index contributed by atoms with van der Waals surface area (Å²) in [5.74, 6) is 0.925. The SMILES string of the molecule is O=C(CC1CNC1)N1CC=CCC1. The van der Waals surface area contributed by atoms with Gasteiger partial charge in [0.1, 0.15) is 0 Å². The Bertz CT molecular complexity index is 221. The summed E-state index contributed by atoms with van der Waals surface area (Å²) in [7, 11) is 0. The maximum Gasteiger partial charge on any atom is 0.223 e. The molecule has 0 aliphatic carbocycles. The largest absolute Gasteiger partial charge is 0.339 e. The number of rotatable bonds is 2. The molecule has 72 valence electrons. The first kappa shape index (κ1) is 8.75. The molecule has 0 aromatic rings. The first-order valence-corrected chi connectivity index (χ1v) is 5.00. The summed E-state index contributed by atoms with van der Waals surface area (Å²) in [5.41, 5.74) is 0. The standard InChI is InChI=1S/C10H16N2O/c13-10(6-9-7-11-8-9)12-4-2-1-3-5-12/h1-2,9,11H,3-8H2. The van der Waals surface area contributed by atoms with E-state index in [9.17, 15) is 4.79 Å². The lowest BCUT2D eigenvalue weighted by Gasteiger charge is -2.30. The van der Waals surface area contributed by atoms with Gasteiger partial charge in [0.2, 0.25) is 5.91 Å². The molecule has 2 heterocycles. The average Bonchev–Trinajstić information content (AvgIpc) is 2.12. The number of amides is 1. The fourth-order valence-electron chi connectivity index (χ4n) is 1.74. The Balaban J connectivity index is 1.78. The summed E-state index contributed by atoms with van der Waals surface area (Å²) in [6.07, 6.45) is 5.99. The Kier molecular flexibility index (Phi) is 2.64. The highest BCUT2D eigenvalue weighted by atomic mass is 16.2. The van der Waals surface area contributed by atoms with Crippen LogP contribution in [0.3, 0.4) is 0 Å². The van der Waals surface area contributed by atoms with Gasteiger partial charge in [-0.15, -0.1) is 0 Å². The zero-order valence-electron chi connectivity index (χ0n) is 7.83. The number of hydrogen-bond acceptors (Lipinski definition) is 2. The van der Waals surface area contributed by atoms with Crippen LogP contribution in [0.25, 0.3) is 0 Å². The van der Waals surface area contributed by atoms with Crippen molar-refractivity contribution in [1.29, 1.82) is 0 Å². The highest BCUT2D eigenvalue weighted by Gasteiger charge is 2.23. The molecule has 0 saturated carbocycles. The van der Waals surface area contributed by atoms with Crippen LogP contribution < -0.4 is 5.32 Å². The molecule has 2 aliphatic rings. The summed E-state index contributed by atoms with van der Waals surface area (Å²) < 4.78 is 0. The molecule has 0 atom stereocenters. The zero-order chi connectivity index (χ0) is 9.10. The minimum absolute atomic E-state index is 0.329. The molecule has 3 nitrogen and oxygen atoms in total. The van der Waals surface area contributed by atoms with Crippen LogP contribution in [0.5, 0.6) is 0 Å². The Morgan fingerprint density at radius 3 is 2.85 bits per heavy atom. The molecular formula is C10H16N2O. The molecule has 3 heteroatoms. The van der Waals surface area contributed by atoms with Crippen molar-refractivity contribution in [3.63, 3.8) is 0 Å². The lowest BCUT2D eigenvalue weighted by atomic mass is 9.98. The van der Waals surface area contributed by atoms with E-state index in [0.717, 1.165) is 39.0 Å². The van der Waals surface area contributed by atoms with Gasteiger partial charge in [0.15, 0.2) is 0 Å². The number of nitrogens with one attached hydrogen (secondary N) is 1. The highest BCUT2D eigenvalue weighted by molar-refractivity contribution is 5.76. The van der Waals surface area contributed by atoms with Crippen LogP contribution in [0, 0.1) is 5.92 Å². The first-order valence-electron chi connectivity index (χ1n) is 5.00. The van der Waals surface area contributed by atoms with Crippen molar-refractivity contribution in [2.24, 2.45) is 5.92 Å². The maximum absolute atomic E-state index is 11.7. The van der Waals surface area contributed by atoms with Crippen molar-refractivity contribution >= 4 is 5.91 Å². The minimum Gasteiger partial charge on any atom is -0.339 e. The van der Waals surface area contributed by atoms with Crippen molar-refractivity contribution < 1.29 is 4.79 Å². The summed E-state index contributed by atoms with van der Waals surface area (Å²) in [4.78, 5) is 13.6. The molecule has 1 saturated heterocycles. The molecule has 2 rings (SSSR count). The third-order valence-corrected chi connectivity index (χ3v) is 2.74. The van der Waals surface area contributed by atoms with Gasteiger partial charge in [-0.3, -0.25) is 4.79 Å². The van der Waals surface area contributed by atoms with Crippen molar-refractivity contribution in [2.75, 3.05) is 26.2 Å². The Morgan fingerprint density at radius 1 is 1.46 bits per heavy atom. The molecule has 2 aliphatic heterocycles. The van der Waals surface area contributed by atoms with Crippen molar-refractivity contribution in [3.8, 4) is 0 Å². The quantitative estimate of drug-likeness (QED) is 0.623. The summed E-state index contributed by atoms with van der Waals surface area (Å²) in [5, 5.41) is 3.18. The van der Waals surface area contributed by atoms with Crippen LogP contribution >= 0.6 is 0 Å². The molecule has 0 aromatic carbocycles. The van der Waals surface area contributed by atoms with E-state index < -0.39 is 0 Å².